The van der Waals surface area contributed by atoms with E-state index in [0.29, 0.717) is 18.3 Å². The van der Waals surface area contributed by atoms with E-state index in [4.69, 9.17) is 4.52 Å². The maximum Gasteiger partial charge on any atom is 0.229 e. The maximum absolute atomic E-state index is 5.20. The van der Waals surface area contributed by atoms with Crippen molar-refractivity contribution < 1.29 is 4.52 Å². The molecule has 0 fully saturated rings. The van der Waals surface area contributed by atoms with Crippen molar-refractivity contribution in [1.29, 1.82) is 0 Å². The fraction of sp³-hybridized carbons (Fsp3) is 0.375. The van der Waals surface area contributed by atoms with Crippen LogP contribution in [0.1, 0.15) is 50.0 Å². The molecule has 0 aliphatic carbocycles. The molecule has 2 aromatic heterocycles. The molecule has 3 rings (SSSR count). The second-order valence-corrected chi connectivity index (χ2v) is 5.75. The van der Waals surface area contributed by atoms with Gasteiger partial charge in [-0.2, -0.15) is 4.98 Å². The summed E-state index contributed by atoms with van der Waals surface area (Å²) in [7, 11) is 0. The van der Waals surface area contributed by atoms with Gasteiger partial charge in [-0.15, -0.1) is 5.10 Å². The normalized spacial score (nSPS) is 12.7. The lowest BCUT2D eigenvalue weighted by Crippen LogP contribution is -2.19. The van der Waals surface area contributed by atoms with Gasteiger partial charge in [-0.1, -0.05) is 36.4 Å². The summed E-state index contributed by atoms with van der Waals surface area (Å²) in [5.41, 5.74) is 2.17. The minimum absolute atomic E-state index is 0.181. The predicted octanol–water partition coefficient (Wildman–Crippen LogP) is 2.62. The standard InChI is InChI=1S/C16H20N6O/c1-11(2)16-19-15(20-23-16)10-17-12(3)13-4-6-14(7-5-13)22-9-8-18-21-22/h4-9,11-12,17H,10H2,1-3H3/t12-/m0/s1. The van der Waals surface area contributed by atoms with Crippen LogP contribution in [-0.2, 0) is 6.54 Å². The molecule has 0 aliphatic heterocycles. The average molecular weight is 312 g/mol. The van der Waals surface area contributed by atoms with Crippen molar-refractivity contribution >= 4 is 0 Å². The first-order valence-corrected chi connectivity index (χ1v) is 7.66. The summed E-state index contributed by atoms with van der Waals surface area (Å²) in [4.78, 5) is 4.36. The zero-order chi connectivity index (χ0) is 16.2. The van der Waals surface area contributed by atoms with Crippen LogP contribution in [0.4, 0.5) is 0 Å². The van der Waals surface area contributed by atoms with E-state index < -0.39 is 0 Å². The largest absolute Gasteiger partial charge is 0.339 e. The van der Waals surface area contributed by atoms with E-state index in [1.807, 2.05) is 32.2 Å². The van der Waals surface area contributed by atoms with Crippen molar-refractivity contribution in [3.8, 4) is 5.69 Å². The van der Waals surface area contributed by atoms with Gasteiger partial charge in [-0.3, -0.25) is 0 Å². The van der Waals surface area contributed by atoms with E-state index >= 15 is 0 Å². The third-order valence-corrected chi connectivity index (χ3v) is 3.62. The molecule has 1 aromatic carbocycles. The van der Waals surface area contributed by atoms with Gasteiger partial charge in [0.25, 0.3) is 0 Å². The Morgan fingerprint density at radius 3 is 2.57 bits per heavy atom. The Morgan fingerprint density at radius 1 is 1.17 bits per heavy atom. The Morgan fingerprint density at radius 2 is 1.96 bits per heavy atom. The van der Waals surface area contributed by atoms with Gasteiger partial charge in [-0.25, -0.2) is 4.68 Å². The molecule has 0 aliphatic rings. The number of aromatic nitrogens is 5. The average Bonchev–Trinajstić information content (AvgIpc) is 3.24. The van der Waals surface area contributed by atoms with Crippen LogP contribution in [0.15, 0.2) is 41.2 Å². The first kappa shape index (κ1) is 15.4. The molecule has 23 heavy (non-hydrogen) atoms. The molecular weight excluding hydrogens is 292 g/mol. The maximum atomic E-state index is 5.20. The highest BCUT2D eigenvalue weighted by Crippen LogP contribution is 2.16. The van der Waals surface area contributed by atoms with Crippen LogP contribution < -0.4 is 5.32 Å². The third kappa shape index (κ3) is 3.62. The summed E-state index contributed by atoms with van der Waals surface area (Å²) in [5.74, 6) is 1.60. The summed E-state index contributed by atoms with van der Waals surface area (Å²) in [5, 5.41) is 15.2. The molecule has 0 bridgehead atoms. The topological polar surface area (TPSA) is 81.7 Å². The first-order valence-electron chi connectivity index (χ1n) is 7.66. The number of rotatable bonds is 6. The monoisotopic (exact) mass is 312 g/mol. The van der Waals surface area contributed by atoms with Gasteiger partial charge >= 0.3 is 0 Å². The number of benzene rings is 1. The van der Waals surface area contributed by atoms with Crippen molar-refractivity contribution in [2.24, 2.45) is 0 Å². The predicted molar refractivity (Wildman–Crippen MR) is 85.0 cm³/mol. The molecule has 0 saturated carbocycles. The fourth-order valence-electron chi connectivity index (χ4n) is 2.20. The van der Waals surface area contributed by atoms with E-state index in [0.717, 1.165) is 5.69 Å². The van der Waals surface area contributed by atoms with E-state index in [1.54, 1.807) is 10.9 Å². The van der Waals surface area contributed by atoms with Crippen LogP contribution in [0.3, 0.4) is 0 Å². The Balaban J connectivity index is 1.60. The highest BCUT2D eigenvalue weighted by molar-refractivity contribution is 5.34. The molecule has 120 valence electrons. The number of nitrogens with zero attached hydrogens (tertiary/aromatic N) is 5. The third-order valence-electron chi connectivity index (χ3n) is 3.62. The number of hydrogen-bond acceptors (Lipinski definition) is 6. The minimum atomic E-state index is 0.181. The van der Waals surface area contributed by atoms with Gasteiger partial charge < -0.3 is 9.84 Å². The molecule has 0 unspecified atom stereocenters. The van der Waals surface area contributed by atoms with E-state index in [9.17, 15) is 0 Å². The number of hydrogen-bond donors (Lipinski definition) is 1. The first-order chi connectivity index (χ1) is 11.1. The quantitative estimate of drug-likeness (QED) is 0.753. The molecule has 1 atom stereocenters. The minimum Gasteiger partial charge on any atom is -0.339 e. The molecule has 0 saturated heterocycles. The smallest absolute Gasteiger partial charge is 0.229 e. The highest BCUT2D eigenvalue weighted by Gasteiger charge is 2.11. The van der Waals surface area contributed by atoms with Gasteiger partial charge in [0.2, 0.25) is 5.89 Å². The van der Waals surface area contributed by atoms with Crippen LogP contribution in [0.25, 0.3) is 5.69 Å². The van der Waals surface area contributed by atoms with Gasteiger partial charge in [0.05, 0.1) is 24.6 Å². The zero-order valence-electron chi connectivity index (χ0n) is 13.5. The Kier molecular flexibility index (Phi) is 4.47. The van der Waals surface area contributed by atoms with Crippen molar-refractivity contribution in [1.82, 2.24) is 30.5 Å². The lowest BCUT2D eigenvalue weighted by molar-refractivity contribution is 0.358. The second kappa shape index (κ2) is 6.70. The lowest BCUT2D eigenvalue weighted by Gasteiger charge is -2.13. The molecule has 7 nitrogen and oxygen atoms in total. The second-order valence-electron chi connectivity index (χ2n) is 5.75. The fourth-order valence-corrected chi connectivity index (χ4v) is 2.20. The van der Waals surface area contributed by atoms with Crippen molar-refractivity contribution in [2.45, 2.75) is 39.3 Å². The molecule has 0 radical (unpaired) electrons. The molecule has 0 spiro atoms. The van der Waals surface area contributed by atoms with Crippen LogP contribution in [0, 0.1) is 0 Å². The summed E-state index contributed by atoms with van der Waals surface area (Å²) in [6.07, 6.45) is 3.48. The molecule has 7 heteroatoms. The summed E-state index contributed by atoms with van der Waals surface area (Å²) >= 11 is 0. The van der Waals surface area contributed by atoms with E-state index in [1.165, 1.54) is 5.56 Å². The van der Waals surface area contributed by atoms with Crippen molar-refractivity contribution in [3.05, 3.63) is 53.9 Å². The molecule has 0 amide bonds. The van der Waals surface area contributed by atoms with Gasteiger partial charge in [-0.05, 0) is 24.6 Å². The Bertz CT molecular complexity index is 732. The molecular formula is C16H20N6O. The van der Waals surface area contributed by atoms with Crippen LogP contribution in [0.2, 0.25) is 0 Å². The van der Waals surface area contributed by atoms with Gasteiger partial charge in [0.1, 0.15) is 0 Å². The Hall–Kier alpha value is -2.54. The van der Waals surface area contributed by atoms with Gasteiger partial charge in [0, 0.05) is 12.0 Å². The van der Waals surface area contributed by atoms with Crippen LogP contribution in [0.5, 0.6) is 0 Å². The summed E-state index contributed by atoms with van der Waals surface area (Å²) in [6, 6.07) is 8.37. The van der Waals surface area contributed by atoms with Crippen molar-refractivity contribution in [3.63, 3.8) is 0 Å². The zero-order valence-corrected chi connectivity index (χ0v) is 13.5. The summed E-state index contributed by atoms with van der Waals surface area (Å²) in [6.45, 7) is 6.74. The lowest BCUT2D eigenvalue weighted by atomic mass is 10.1. The molecule has 2 heterocycles. The Labute approximate surface area is 134 Å². The SMILES string of the molecule is CC(C)c1nc(CN[C@@H](C)c2ccc(-n3ccnn3)cc2)no1. The molecule has 1 N–H and O–H groups in total. The van der Waals surface area contributed by atoms with E-state index in [-0.39, 0.29) is 12.0 Å². The summed E-state index contributed by atoms with van der Waals surface area (Å²) < 4.78 is 6.94. The van der Waals surface area contributed by atoms with Crippen molar-refractivity contribution in [2.75, 3.05) is 0 Å². The van der Waals surface area contributed by atoms with Gasteiger partial charge in [0.15, 0.2) is 5.82 Å². The van der Waals surface area contributed by atoms with Crippen LogP contribution >= 0.6 is 0 Å². The molecule has 3 aromatic rings. The highest BCUT2D eigenvalue weighted by atomic mass is 16.5. The van der Waals surface area contributed by atoms with Crippen LogP contribution in [-0.4, -0.2) is 25.1 Å². The van der Waals surface area contributed by atoms with E-state index in [2.05, 4.69) is 44.8 Å². The number of nitrogens with one attached hydrogen (secondary N) is 1.